The number of aromatic amines is 1. The Bertz CT molecular complexity index is 1260. The molecule has 4 N–H and O–H groups in total. The molecule has 0 fully saturated rings. The SMILES string of the molecule is COc1ccc(OC)c2[nH]c(CNCC(=O)c3ccc4c(c3)CCC(=O)[N+](C)(CC(=O)O)N4)nc12. The van der Waals surface area contributed by atoms with Gasteiger partial charge in [0.15, 0.2) is 5.78 Å². The topological polar surface area (TPSA) is 143 Å². The number of quaternary nitrogens is 1. The second-order valence-electron chi connectivity index (χ2n) is 8.52. The lowest BCUT2D eigenvalue weighted by Gasteiger charge is -2.29. The average molecular weight is 483 g/mol. The van der Waals surface area contributed by atoms with E-state index in [1.165, 1.54) is 7.05 Å². The number of rotatable bonds is 9. The summed E-state index contributed by atoms with van der Waals surface area (Å²) in [6.45, 7) is 0.0460. The second-order valence-corrected chi connectivity index (χ2v) is 8.52. The van der Waals surface area contributed by atoms with E-state index in [0.717, 1.165) is 11.1 Å². The Labute approximate surface area is 201 Å². The summed E-state index contributed by atoms with van der Waals surface area (Å²) < 4.78 is 10.3. The Morgan fingerprint density at radius 2 is 1.89 bits per heavy atom. The molecule has 1 aliphatic rings. The molecule has 1 atom stereocenters. The van der Waals surface area contributed by atoms with Gasteiger partial charge < -0.3 is 24.9 Å². The van der Waals surface area contributed by atoms with Gasteiger partial charge in [-0.3, -0.25) is 4.79 Å². The predicted molar refractivity (Wildman–Crippen MR) is 127 cm³/mol. The molecule has 11 nitrogen and oxygen atoms in total. The zero-order chi connectivity index (χ0) is 25.2. The number of carboxylic acid groups (broad SMARTS) is 1. The summed E-state index contributed by atoms with van der Waals surface area (Å²) >= 11 is 0. The third-order valence-electron chi connectivity index (χ3n) is 6.04. The number of fused-ring (bicyclic) bond motifs is 2. The number of anilines is 1. The van der Waals surface area contributed by atoms with E-state index in [1.54, 1.807) is 44.6 Å². The first kappa shape index (κ1) is 24.2. The number of nitrogens with one attached hydrogen (secondary N) is 3. The number of carbonyl (C=O) groups is 3. The molecule has 35 heavy (non-hydrogen) atoms. The number of H-pyrrole nitrogens is 1. The molecule has 4 rings (SSSR count). The number of aliphatic carboxylic acids is 1. The van der Waals surface area contributed by atoms with E-state index >= 15 is 0 Å². The van der Waals surface area contributed by atoms with Crippen LogP contribution in [0.4, 0.5) is 5.69 Å². The van der Waals surface area contributed by atoms with Crippen molar-refractivity contribution >= 4 is 34.4 Å². The summed E-state index contributed by atoms with van der Waals surface area (Å²) in [7, 11) is 4.69. The number of methoxy groups -OCH3 is 2. The lowest BCUT2D eigenvalue weighted by atomic mass is 10.0. The van der Waals surface area contributed by atoms with Gasteiger partial charge in [-0.25, -0.2) is 20.0 Å². The van der Waals surface area contributed by atoms with E-state index in [1.807, 2.05) is 0 Å². The van der Waals surface area contributed by atoms with Crippen molar-refractivity contribution in [3.8, 4) is 11.5 Å². The molecular weight excluding hydrogens is 454 g/mol. The normalized spacial score (nSPS) is 17.4. The van der Waals surface area contributed by atoms with Crippen LogP contribution < -0.4 is 20.2 Å². The number of aromatic nitrogens is 2. The van der Waals surface area contributed by atoms with E-state index < -0.39 is 10.6 Å². The zero-order valence-electron chi connectivity index (χ0n) is 19.8. The van der Waals surface area contributed by atoms with Crippen molar-refractivity contribution in [2.75, 3.05) is 39.8 Å². The Morgan fingerprint density at radius 3 is 2.60 bits per heavy atom. The monoisotopic (exact) mass is 482 g/mol. The number of ether oxygens (including phenoxy) is 2. The van der Waals surface area contributed by atoms with Crippen LogP contribution in [0.5, 0.6) is 11.5 Å². The van der Waals surface area contributed by atoms with Crippen molar-refractivity contribution in [3.63, 3.8) is 0 Å². The van der Waals surface area contributed by atoms with Crippen LogP contribution >= 0.6 is 0 Å². The number of imidazole rings is 1. The zero-order valence-corrected chi connectivity index (χ0v) is 19.8. The maximum atomic E-state index is 12.8. The van der Waals surface area contributed by atoms with Gasteiger partial charge in [-0.2, -0.15) is 4.59 Å². The number of nitrogens with zero attached hydrogens (tertiary/aromatic N) is 2. The Morgan fingerprint density at radius 1 is 1.14 bits per heavy atom. The second kappa shape index (κ2) is 9.72. The van der Waals surface area contributed by atoms with Crippen LogP contribution in [0.3, 0.4) is 0 Å². The number of aryl methyl sites for hydroxylation is 1. The van der Waals surface area contributed by atoms with E-state index in [-0.39, 0.29) is 31.2 Å². The largest absolute Gasteiger partial charge is 0.494 e. The highest BCUT2D eigenvalue weighted by molar-refractivity contribution is 5.98. The highest BCUT2D eigenvalue weighted by Crippen LogP contribution is 2.31. The molecule has 3 aromatic rings. The molecule has 0 spiro atoms. The first-order chi connectivity index (χ1) is 16.7. The Hall–Kier alpha value is -3.96. The van der Waals surface area contributed by atoms with E-state index in [9.17, 15) is 19.5 Å². The van der Waals surface area contributed by atoms with Crippen molar-refractivity contribution in [1.82, 2.24) is 15.3 Å². The van der Waals surface area contributed by atoms with Gasteiger partial charge in [-0.05, 0) is 42.3 Å². The molecule has 1 aliphatic heterocycles. The molecule has 0 aliphatic carbocycles. The van der Waals surface area contributed by atoms with Gasteiger partial charge in [0.25, 0.3) is 0 Å². The van der Waals surface area contributed by atoms with Gasteiger partial charge in [-0.15, -0.1) is 0 Å². The third-order valence-corrected chi connectivity index (χ3v) is 6.04. The Kier molecular flexibility index (Phi) is 6.72. The molecule has 11 heteroatoms. The standard InChI is InChI=1S/C24H27N5O6/c1-29(13-22(32)33)21(31)9-5-14-10-15(4-6-16(14)28-29)17(30)11-25-12-20-26-23-18(34-2)7-8-19(35-3)24(23)27-20/h4,6-8,10,25H,5,9,11-13H2,1-3H3,(H2-,26,27,28,30,32,33)/p+1. The minimum absolute atomic E-state index is 0.0866. The molecule has 1 amide bonds. The number of Topliss-reactive ketones (excluding diaryl/α,β-unsaturated/α-hetero) is 1. The van der Waals surface area contributed by atoms with Gasteiger partial charge in [0.1, 0.15) is 28.4 Å². The summed E-state index contributed by atoms with van der Waals surface area (Å²) in [6.07, 6.45) is 0.602. The van der Waals surface area contributed by atoms with Crippen LogP contribution in [0.1, 0.15) is 28.2 Å². The van der Waals surface area contributed by atoms with Gasteiger partial charge in [0.2, 0.25) is 6.54 Å². The minimum Gasteiger partial charge on any atom is -0.494 e. The lowest BCUT2D eigenvalue weighted by molar-refractivity contribution is -0.804. The van der Waals surface area contributed by atoms with Crippen LogP contribution in [0.15, 0.2) is 30.3 Å². The molecule has 0 saturated carbocycles. The molecule has 184 valence electrons. The maximum Gasteiger partial charge on any atom is 0.362 e. The fraction of sp³-hybridized carbons (Fsp3) is 0.333. The number of amides is 1. The minimum atomic E-state index is -1.07. The van der Waals surface area contributed by atoms with Crippen molar-refractivity contribution in [2.24, 2.45) is 0 Å². The number of hydrogen-bond donors (Lipinski definition) is 4. The molecule has 1 unspecified atom stereocenters. The van der Waals surface area contributed by atoms with Gasteiger partial charge >= 0.3 is 11.9 Å². The van der Waals surface area contributed by atoms with Crippen LogP contribution in [-0.2, 0) is 22.6 Å². The smallest absolute Gasteiger partial charge is 0.362 e. The summed E-state index contributed by atoms with van der Waals surface area (Å²) in [5, 5.41) is 12.3. The quantitative estimate of drug-likeness (QED) is 0.266. The van der Waals surface area contributed by atoms with Crippen LogP contribution in [-0.4, -0.2) is 71.7 Å². The van der Waals surface area contributed by atoms with E-state index in [4.69, 9.17) is 9.47 Å². The number of benzene rings is 2. The number of carbonyl (C=O) groups excluding carboxylic acids is 2. The average Bonchev–Trinajstić information content (AvgIpc) is 3.21. The van der Waals surface area contributed by atoms with Crippen molar-refractivity contribution in [2.45, 2.75) is 19.4 Å². The summed E-state index contributed by atoms with van der Waals surface area (Å²) in [5.74, 6) is 0.488. The van der Waals surface area contributed by atoms with Crippen molar-refractivity contribution in [1.29, 1.82) is 0 Å². The van der Waals surface area contributed by atoms with Gasteiger partial charge in [-0.1, -0.05) is 0 Å². The molecule has 0 bridgehead atoms. The lowest BCUT2D eigenvalue weighted by Crippen LogP contribution is -2.55. The highest BCUT2D eigenvalue weighted by Gasteiger charge is 2.37. The molecule has 0 saturated heterocycles. The number of carboxylic acids is 1. The van der Waals surface area contributed by atoms with Crippen LogP contribution in [0.25, 0.3) is 11.0 Å². The number of ketones is 1. The third kappa shape index (κ3) is 4.96. The van der Waals surface area contributed by atoms with Gasteiger partial charge in [0.05, 0.1) is 46.5 Å². The van der Waals surface area contributed by atoms with Crippen LogP contribution in [0, 0.1) is 0 Å². The van der Waals surface area contributed by atoms with Crippen LogP contribution in [0.2, 0.25) is 0 Å². The highest BCUT2D eigenvalue weighted by atomic mass is 16.5. The summed E-state index contributed by atoms with van der Waals surface area (Å²) in [4.78, 5) is 44.3. The fourth-order valence-electron chi connectivity index (χ4n) is 4.21. The number of hydrogen-bond acceptors (Lipinski definition) is 8. The molecule has 0 radical (unpaired) electrons. The van der Waals surface area contributed by atoms with Gasteiger partial charge in [0, 0.05) is 5.56 Å². The first-order valence-electron chi connectivity index (χ1n) is 11.1. The summed E-state index contributed by atoms with van der Waals surface area (Å²) in [5.41, 5.74) is 6.35. The molecule has 2 heterocycles. The summed E-state index contributed by atoms with van der Waals surface area (Å²) in [6, 6.07) is 8.73. The van der Waals surface area contributed by atoms with Crippen molar-refractivity contribution in [3.05, 3.63) is 47.3 Å². The fourth-order valence-corrected chi connectivity index (χ4v) is 4.21. The first-order valence-corrected chi connectivity index (χ1v) is 11.1. The number of likely N-dealkylation sites (N-methyl/N-ethyl adjacent to an activating group) is 1. The predicted octanol–water partition coefficient (Wildman–Crippen LogP) is 1.88. The Balaban J connectivity index is 1.43. The van der Waals surface area contributed by atoms with E-state index in [2.05, 4.69) is 20.7 Å². The van der Waals surface area contributed by atoms with E-state index in [0.29, 0.717) is 47.1 Å². The maximum absolute atomic E-state index is 12.8. The molecule has 1 aromatic heterocycles. The molecule has 2 aromatic carbocycles. The molecular formula is C24H28N5O6+. The van der Waals surface area contributed by atoms with Crippen molar-refractivity contribution < 1.29 is 33.6 Å².